The highest BCUT2D eigenvalue weighted by Gasteiger charge is 2.38. The van der Waals surface area contributed by atoms with Crippen molar-refractivity contribution in [1.29, 1.82) is 0 Å². The number of amides is 1. The predicted molar refractivity (Wildman–Crippen MR) is 117 cm³/mol. The standard InChI is InChI=1S/C17H23ClN6O2.C2HF3O2/c1-9(2)8-24(4)16-14(18)22-13(15(19)23-16)17(25)21-11-7-20-12(26-5)6-10(11)3;3-2(4,5)1(6)7/h6-7,9H,8H2,1-5H3,(H2,19,23)(H,21,25);(H,6,7). The van der Waals surface area contributed by atoms with E-state index in [0.717, 1.165) is 12.1 Å². The Morgan fingerprint density at radius 1 is 1.33 bits per heavy atom. The third kappa shape index (κ3) is 8.25. The summed E-state index contributed by atoms with van der Waals surface area (Å²) in [6, 6.07) is 1.71. The van der Waals surface area contributed by atoms with Crippen molar-refractivity contribution in [3.05, 3.63) is 28.7 Å². The van der Waals surface area contributed by atoms with Gasteiger partial charge in [-0.15, -0.1) is 0 Å². The number of nitrogen functional groups attached to an aromatic ring is 1. The van der Waals surface area contributed by atoms with E-state index < -0.39 is 18.1 Å². The first-order chi connectivity index (χ1) is 15.2. The van der Waals surface area contributed by atoms with Crippen molar-refractivity contribution >= 4 is 40.8 Å². The molecule has 182 valence electrons. The molecule has 14 heteroatoms. The van der Waals surface area contributed by atoms with Crippen molar-refractivity contribution in [2.75, 3.05) is 36.7 Å². The number of hydrogen-bond donors (Lipinski definition) is 3. The smallest absolute Gasteiger partial charge is 0.481 e. The van der Waals surface area contributed by atoms with E-state index in [0.29, 0.717) is 23.3 Å². The first-order valence-corrected chi connectivity index (χ1v) is 9.71. The summed E-state index contributed by atoms with van der Waals surface area (Å²) in [5.74, 6) is -1.95. The molecule has 0 aliphatic rings. The highest BCUT2D eigenvalue weighted by molar-refractivity contribution is 6.32. The number of hydrogen-bond acceptors (Lipinski definition) is 8. The summed E-state index contributed by atoms with van der Waals surface area (Å²) in [6.07, 6.45) is -3.58. The molecule has 0 fully saturated rings. The molecule has 10 nitrogen and oxygen atoms in total. The van der Waals surface area contributed by atoms with Crippen LogP contribution >= 0.6 is 11.6 Å². The first-order valence-electron chi connectivity index (χ1n) is 9.33. The van der Waals surface area contributed by atoms with E-state index in [9.17, 15) is 18.0 Å². The third-order valence-corrected chi connectivity index (χ3v) is 4.12. The van der Waals surface area contributed by atoms with Gasteiger partial charge in [0.25, 0.3) is 5.91 Å². The SMILES string of the molecule is COc1cc(C)c(NC(=O)c2nc(Cl)c(N(C)CC(C)C)nc2N)cn1.O=C(O)C(F)(F)F. The van der Waals surface area contributed by atoms with Gasteiger partial charge in [0.1, 0.15) is 0 Å². The third-order valence-electron chi connectivity index (χ3n) is 3.86. The lowest BCUT2D eigenvalue weighted by Gasteiger charge is -2.21. The van der Waals surface area contributed by atoms with Crippen molar-refractivity contribution in [2.24, 2.45) is 5.92 Å². The highest BCUT2D eigenvalue weighted by atomic mass is 35.5. The van der Waals surface area contributed by atoms with Gasteiger partial charge in [-0.25, -0.2) is 19.7 Å². The number of carboxylic acid groups (broad SMARTS) is 1. The molecule has 2 heterocycles. The van der Waals surface area contributed by atoms with E-state index >= 15 is 0 Å². The predicted octanol–water partition coefficient (Wildman–Crippen LogP) is 3.40. The Hall–Kier alpha value is -3.35. The molecule has 1 amide bonds. The monoisotopic (exact) mass is 492 g/mol. The maximum absolute atomic E-state index is 12.5. The van der Waals surface area contributed by atoms with Crippen LogP contribution in [0.5, 0.6) is 5.88 Å². The summed E-state index contributed by atoms with van der Waals surface area (Å²) in [5, 5.41) is 9.96. The number of carboxylic acids is 1. The van der Waals surface area contributed by atoms with Crippen molar-refractivity contribution in [2.45, 2.75) is 26.9 Å². The summed E-state index contributed by atoms with van der Waals surface area (Å²) in [7, 11) is 3.37. The van der Waals surface area contributed by atoms with Crippen molar-refractivity contribution in [3.63, 3.8) is 0 Å². The van der Waals surface area contributed by atoms with Crippen LogP contribution in [0.1, 0.15) is 29.9 Å². The number of anilines is 3. The second kappa shape index (κ2) is 11.5. The number of halogens is 4. The average molecular weight is 493 g/mol. The Labute approximate surface area is 192 Å². The van der Waals surface area contributed by atoms with Crippen LogP contribution in [0.3, 0.4) is 0 Å². The summed E-state index contributed by atoms with van der Waals surface area (Å²) >= 11 is 6.22. The zero-order valence-corrected chi connectivity index (χ0v) is 19.2. The zero-order chi connectivity index (χ0) is 25.5. The van der Waals surface area contributed by atoms with Crippen molar-refractivity contribution < 1.29 is 32.6 Å². The molecule has 33 heavy (non-hydrogen) atoms. The van der Waals surface area contributed by atoms with E-state index in [1.165, 1.54) is 13.3 Å². The molecule has 0 aliphatic heterocycles. The maximum atomic E-state index is 12.5. The molecule has 2 rings (SSSR count). The molecule has 0 atom stereocenters. The summed E-state index contributed by atoms with van der Waals surface area (Å²) < 4.78 is 36.8. The first kappa shape index (κ1) is 27.7. The Kier molecular flexibility index (Phi) is 9.64. The van der Waals surface area contributed by atoms with Crippen LogP contribution in [-0.4, -0.2) is 58.8 Å². The lowest BCUT2D eigenvalue weighted by molar-refractivity contribution is -0.192. The van der Waals surface area contributed by atoms with E-state index in [-0.39, 0.29) is 16.7 Å². The number of aliphatic carboxylic acids is 1. The molecule has 4 N–H and O–H groups in total. The molecule has 2 aromatic heterocycles. The minimum atomic E-state index is -5.08. The fraction of sp³-hybridized carbons (Fsp3) is 0.421. The van der Waals surface area contributed by atoms with Crippen LogP contribution in [0.2, 0.25) is 5.15 Å². The number of carbonyl (C=O) groups is 2. The van der Waals surface area contributed by atoms with E-state index in [4.69, 9.17) is 32.0 Å². The van der Waals surface area contributed by atoms with E-state index in [1.807, 2.05) is 18.9 Å². The number of methoxy groups -OCH3 is 1. The summed E-state index contributed by atoms with van der Waals surface area (Å²) in [4.78, 5) is 35.7. The summed E-state index contributed by atoms with van der Waals surface area (Å²) in [6.45, 7) is 6.71. The molecule has 0 aromatic carbocycles. The Bertz CT molecular complexity index is 1000. The van der Waals surface area contributed by atoms with Gasteiger partial charge in [0, 0.05) is 19.7 Å². The minimum Gasteiger partial charge on any atom is -0.481 e. The largest absolute Gasteiger partial charge is 0.490 e. The number of nitrogens with zero attached hydrogens (tertiary/aromatic N) is 4. The van der Waals surface area contributed by atoms with E-state index in [1.54, 1.807) is 6.07 Å². The average Bonchev–Trinajstić information content (AvgIpc) is 2.69. The number of alkyl halides is 3. The number of aromatic nitrogens is 3. The lowest BCUT2D eigenvalue weighted by atomic mass is 10.2. The van der Waals surface area contributed by atoms with Gasteiger partial charge in [0.15, 0.2) is 22.5 Å². The van der Waals surface area contributed by atoms with E-state index in [2.05, 4.69) is 34.1 Å². The molecule has 0 saturated heterocycles. The van der Waals surface area contributed by atoms with Crippen LogP contribution in [-0.2, 0) is 4.79 Å². The Balaban J connectivity index is 0.000000675. The van der Waals surface area contributed by atoms with Crippen LogP contribution < -0.4 is 20.7 Å². The van der Waals surface area contributed by atoms with Crippen LogP contribution in [0.4, 0.5) is 30.5 Å². The molecule has 2 aromatic rings. The number of ether oxygens (including phenoxy) is 1. The minimum absolute atomic E-state index is 0.0108. The zero-order valence-electron chi connectivity index (χ0n) is 18.5. The van der Waals surface area contributed by atoms with Gasteiger partial charge >= 0.3 is 12.1 Å². The number of aryl methyl sites for hydroxylation is 1. The van der Waals surface area contributed by atoms with Crippen molar-refractivity contribution in [3.8, 4) is 5.88 Å². The van der Waals surface area contributed by atoms with Crippen LogP contribution in [0.25, 0.3) is 0 Å². The number of carbonyl (C=O) groups excluding carboxylic acids is 1. The molecule has 0 spiro atoms. The van der Waals surface area contributed by atoms with Gasteiger partial charge in [-0.1, -0.05) is 25.4 Å². The maximum Gasteiger partial charge on any atom is 0.490 e. The highest BCUT2D eigenvalue weighted by Crippen LogP contribution is 2.25. The van der Waals surface area contributed by atoms with Gasteiger partial charge < -0.3 is 25.8 Å². The molecule has 0 aliphatic carbocycles. The lowest BCUT2D eigenvalue weighted by Crippen LogP contribution is -2.26. The topological polar surface area (TPSA) is 144 Å². The fourth-order valence-corrected chi connectivity index (χ4v) is 2.69. The van der Waals surface area contributed by atoms with Crippen LogP contribution in [0.15, 0.2) is 12.3 Å². The molecule has 0 saturated carbocycles. The molecule has 0 bridgehead atoms. The van der Waals surface area contributed by atoms with Crippen LogP contribution in [0, 0.1) is 12.8 Å². The number of nitrogens with one attached hydrogen (secondary N) is 1. The van der Waals surface area contributed by atoms with Gasteiger partial charge in [0.2, 0.25) is 5.88 Å². The van der Waals surface area contributed by atoms with Crippen molar-refractivity contribution in [1.82, 2.24) is 15.0 Å². The van der Waals surface area contributed by atoms with Gasteiger partial charge in [-0.2, -0.15) is 13.2 Å². The summed E-state index contributed by atoms with van der Waals surface area (Å²) in [5.41, 5.74) is 7.22. The second-order valence-corrected chi connectivity index (χ2v) is 7.50. The normalized spacial score (nSPS) is 10.8. The second-order valence-electron chi connectivity index (χ2n) is 7.14. The number of rotatable bonds is 6. The van der Waals surface area contributed by atoms with Gasteiger partial charge in [-0.3, -0.25) is 4.79 Å². The molecule has 0 unspecified atom stereocenters. The number of pyridine rings is 1. The Morgan fingerprint density at radius 3 is 2.36 bits per heavy atom. The van der Waals surface area contributed by atoms with Gasteiger partial charge in [0.05, 0.1) is 19.0 Å². The van der Waals surface area contributed by atoms with Gasteiger partial charge in [-0.05, 0) is 18.4 Å². The number of nitrogens with two attached hydrogens (primary N) is 1. The molecular formula is C19H24ClF3N6O4. The molecule has 0 radical (unpaired) electrons. The Morgan fingerprint density at radius 2 is 1.91 bits per heavy atom. The fourth-order valence-electron chi connectivity index (χ4n) is 2.42. The quantitative estimate of drug-likeness (QED) is 0.552. The molecular weight excluding hydrogens is 469 g/mol.